The van der Waals surface area contributed by atoms with E-state index in [0.29, 0.717) is 23.6 Å². The van der Waals surface area contributed by atoms with E-state index in [4.69, 9.17) is 5.41 Å². The molecule has 3 N–H and O–H groups in total. The van der Waals surface area contributed by atoms with E-state index in [9.17, 15) is 19.5 Å². The van der Waals surface area contributed by atoms with Crippen molar-refractivity contribution >= 4 is 29.1 Å². The second-order valence-corrected chi connectivity index (χ2v) is 6.16. The smallest absolute Gasteiger partial charge is 0.326 e. The van der Waals surface area contributed by atoms with E-state index in [2.05, 4.69) is 10.3 Å². The van der Waals surface area contributed by atoms with Crippen LogP contribution in [0, 0.1) is 11.3 Å². The molecule has 8 nitrogen and oxygen atoms in total. The van der Waals surface area contributed by atoms with Crippen LogP contribution in [0.15, 0.2) is 18.5 Å². The predicted octanol–water partition coefficient (Wildman–Crippen LogP) is 0.524. The number of ketones is 1. The van der Waals surface area contributed by atoms with Gasteiger partial charge < -0.3 is 15.3 Å². The molecule has 1 saturated carbocycles. The molecule has 126 valence electrons. The van der Waals surface area contributed by atoms with E-state index in [1.807, 2.05) is 0 Å². The van der Waals surface area contributed by atoms with Crippen LogP contribution in [0.4, 0.5) is 5.69 Å². The Balaban J connectivity index is 1.70. The Bertz CT molecular complexity index is 733. The normalized spacial score (nSPS) is 24.2. The first-order valence-corrected chi connectivity index (χ1v) is 7.72. The third kappa shape index (κ3) is 2.86. The summed E-state index contributed by atoms with van der Waals surface area (Å²) >= 11 is 0. The molecule has 0 unspecified atom stereocenters. The highest BCUT2D eigenvalue weighted by Gasteiger charge is 2.56. The number of rotatable bonds is 6. The molecule has 24 heavy (non-hydrogen) atoms. The maximum absolute atomic E-state index is 12.4. The summed E-state index contributed by atoms with van der Waals surface area (Å²) in [5.74, 6) is -1.36. The molecule has 1 amide bonds. The number of hydrogen-bond acceptors (Lipinski definition) is 6. The van der Waals surface area contributed by atoms with Gasteiger partial charge in [-0.05, 0) is 24.8 Å². The number of amides is 1. The number of fused-ring (bicyclic) bond motifs is 1. The number of carboxylic acid groups (broad SMARTS) is 1. The number of Topliss-reactive ketones (excluding diaryl/α,β-unsaturated/α-hetero) is 1. The van der Waals surface area contributed by atoms with Crippen molar-refractivity contribution < 1.29 is 19.5 Å². The molecule has 0 aromatic carbocycles. The molecular formula is C16H18N4O4. The van der Waals surface area contributed by atoms with Gasteiger partial charge in [0.05, 0.1) is 18.4 Å². The van der Waals surface area contributed by atoms with Crippen molar-refractivity contribution in [3.63, 3.8) is 0 Å². The highest BCUT2D eigenvalue weighted by Crippen LogP contribution is 2.47. The van der Waals surface area contributed by atoms with Crippen LogP contribution in [0.2, 0.25) is 0 Å². The second-order valence-electron chi connectivity index (χ2n) is 6.16. The van der Waals surface area contributed by atoms with E-state index in [0.717, 1.165) is 6.42 Å². The number of hydrogen-bond donors (Lipinski definition) is 3. The minimum Gasteiger partial charge on any atom is -0.480 e. The molecular weight excluding hydrogens is 312 g/mol. The fourth-order valence-corrected chi connectivity index (χ4v) is 3.24. The molecule has 2 aliphatic rings. The average Bonchev–Trinajstić information content (AvgIpc) is 3.21. The van der Waals surface area contributed by atoms with Crippen LogP contribution in [0.25, 0.3) is 0 Å². The summed E-state index contributed by atoms with van der Waals surface area (Å²) in [4.78, 5) is 40.5. The van der Waals surface area contributed by atoms with Gasteiger partial charge in [-0.2, -0.15) is 0 Å². The number of nitrogens with one attached hydrogen (secondary N) is 2. The predicted molar refractivity (Wildman–Crippen MR) is 85.0 cm³/mol. The number of anilines is 1. The average molecular weight is 330 g/mol. The molecule has 0 radical (unpaired) electrons. The van der Waals surface area contributed by atoms with Crippen LogP contribution in [-0.2, 0) is 14.4 Å². The van der Waals surface area contributed by atoms with E-state index in [1.54, 1.807) is 0 Å². The minimum absolute atomic E-state index is 0.0317. The molecule has 1 saturated heterocycles. The SMILES string of the molecule is CC(=O)C(=N)c1ccncc1NCC(=O)N1[C@@H]2C[C@@H]2C[C@H]1C(=O)O. The lowest BCUT2D eigenvalue weighted by Crippen LogP contribution is -2.45. The van der Waals surface area contributed by atoms with Crippen LogP contribution >= 0.6 is 0 Å². The van der Waals surface area contributed by atoms with E-state index in [-0.39, 0.29) is 30.0 Å². The summed E-state index contributed by atoms with van der Waals surface area (Å²) in [6.07, 6.45) is 4.29. The quantitative estimate of drug-likeness (QED) is 0.654. The molecule has 3 atom stereocenters. The van der Waals surface area contributed by atoms with Crippen molar-refractivity contribution in [2.45, 2.75) is 31.8 Å². The molecule has 1 aliphatic heterocycles. The Morgan fingerprint density at radius 3 is 2.83 bits per heavy atom. The maximum atomic E-state index is 12.4. The number of piperidine rings is 1. The van der Waals surface area contributed by atoms with Gasteiger partial charge in [-0.1, -0.05) is 0 Å². The Kier molecular flexibility index (Phi) is 4.04. The molecule has 2 fully saturated rings. The van der Waals surface area contributed by atoms with Gasteiger partial charge >= 0.3 is 5.97 Å². The fourth-order valence-electron chi connectivity index (χ4n) is 3.24. The number of aromatic nitrogens is 1. The van der Waals surface area contributed by atoms with Crippen LogP contribution in [0.3, 0.4) is 0 Å². The minimum atomic E-state index is -0.976. The van der Waals surface area contributed by atoms with Crippen molar-refractivity contribution in [3.8, 4) is 0 Å². The zero-order valence-corrected chi connectivity index (χ0v) is 13.2. The third-order valence-corrected chi connectivity index (χ3v) is 4.55. The lowest BCUT2D eigenvalue weighted by molar-refractivity contribution is -0.148. The van der Waals surface area contributed by atoms with Crippen LogP contribution < -0.4 is 5.32 Å². The molecule has 1 aliphatic carbocycles. The van der Waals surface area contributed by atoms with Gasteiger partial charge in [0.25, 0.3) is 0 Å². The number of aliphatic carboxylic acids is 1. The molecule has 2 heterocycles. The topological polar surface area (TPSA) is 123 Å². The summed E-state index contributed by atoms with van der Waals surface area (Å²) in [7, 11) is 0. The maximum Gasteiger partial charge on any atom is 0.326 e. The molecule has 1 aromatic heterocycles. The largest absolute Gasteiger partial charge is 0.480 e. The Hall–Kier alpha value is -2.77. The zero-order chi connectivity index (χ0) is 17.4. The van der Waals surface area contributed by atoms with E-state index < -0.39 is 12.0 Å². The Labute approximate surface area is 138 Å². The first-order valence-electron chi connectivity index (χ1n) is 7.72. The van der Waals surface area contributed by atoms with Gasteiger partial charge in [0, 0.05) is 24.7 Å². The van der Waals surface area contributed by atoms with Gasteiger partial charge in [-0.15, -0.1) is 0 Å². The molecule has 1 aromatic rings. The summed E-state index contributed by atoms with van der Waals surface area (Å²) < 4.78 is 0. The first-order chi connectivity index (χ1) is 11.4. The number of pyridine rings is 1. The molecule has 8 heteroatoms. The van der Waals surface area contributed by atoms with Crippen LogP contribution in [-0.4, -0.2) is 57.0 Å². The fraction of sp³-hybridized carbons (Fsp3) is 0.438. The number of likely N-dealkylation sites (tertiary alicyclic amines) is 1. The first kappa shape index (κ1) is 16.1. The number of nitrogens with zero attached hydrogens (tertiary/aromatic N) is 2. The zero-order valence-electron chi connectivity index (χ0n) is 13.2. The van der Waals surface area contributed by atoms with Gasteiger partial charge in [-0.3, -0.25) is 20.0 Å². The van der Waals surface area contributed by atoms with Crippen LogP contribution in [0.1, 0.15) is 25.3 Å². The van der Waals surface area contributed by atoms with Crippen molar-refractivity contribution in [1.29, 1.82) is 5.41 Å². The van der Waals surface area contributed by atoms with Crippen molar-refractivity contribution in [3.05, 3.63) is 24.0 Å². The highest BCUT2D eigenvalue weighted by molar-refractivity contribution is 6.45. The summed E-state index contributed by atoms with van der Waals surface area (Å²) in [5.41, 5.74) is 0.606. The monoisotopic (exact) mass is 330 g/mol. The number of carbonyl (C=O) groups excluding carboxylic acids is 2. The number of carbonyl (C=O) groups is 3. The van der Waals surface area contributed by atoms with Crippen molar-refractivity contribution in [2.24, 2.45) is 5.92 Å². The van der Waals surface area contributed by atoms with E-state index >= 15 is 0 Å². The molecule has 0 bridgehead atoms. The Morgan fingerprint density at radius 2 is 2.17 bits per heavy atom. The standard InChI is InChI=1S/C16H18N4O4/c1-8(21)15(17)10-2-3-18-6-11(10)19-7-14(22)20-12-4-9(12)5-13(20)16(23)24/h2-3,6,9,12-13,17,19H,4-5,7H2,1H3,(H,23,24)/t9-,12-,13+/m1/s1. The summed E-state index contributed by atoms with van der Waals surface area (Å²) in [5, 5.41) is 19.9. The molecule has 0 spiro atoms. The highest BCUT2D eigenvalue weighted by atomic mass is 16.4. The molecule has 3 rings (SSSR count). The van der Waals surface area contributed by atoms with Gasteiger partial charge in [0.1, 0.15) is 11.8 Å². The van der Waals surface area contributed by atoms with Crippen molar-refractivity contribution in [2.75, 3.05) is 11.9 Å². The lowest BCUT2D eigenvalue weighted by atomic mass is 10.1. The van der Waals surface area contributed by atoms with Crippen LogP contribution in [0.5, 0.6) is 0 Å². The number of carboxylic acids is 1. The lowest BCUT2D eigenvalue weighted by Gasteiger charge is -2.25. The second kappa shape index (κ2) is 6.03. The van der Waals surface area contributed by atoms with E-state index in [1.165, 1.54) is 30.3 Å². The van der Waals surface area contributed by atoms with Gasteiger partial charge in [0.15, 0.2) is 5.78 Å². The van der Waals surface area contributed by atoms with Crippen molar-refractivity contribution in [1.82, 2.24) is 9.88 Å². The summed E-state index contributed by atoms with van der Waals surface area (Å²) in [6.45, 7) is 1.20. The third-order valence-electron chi connectivity index (χ3n) is 4.55. The van der Waals surface area contributed by atoms with Gasteiger partial charge in [0.2, 0.25) is 5.91 Å². The Morgan fingerprint density at radius 1 is 1.42 bits per heavy atom. The summed E-state index contributed by atoms with van der Waals surface area (Å²) in [6, 6.07) is 0.805. The van der Waals surface area contributed by atoms with Gasteiger partial charge in [-0.25, -0.2) is 4.79 Å².